The van der Waals surface area contributed by atoms with Crippen molar-refractivity contribution in [2.24, 2.45) is 5.10 Å². The highest BCUT2D eigenvalue weighted by molar-refractivity contribution is 14.1. The highest BCUT2D eigenvalue weighted by atomic mass is 127. The van der Waals surface area contributed by atoms with Gasteiger partial charge in [-0.3, -0.25) is 9.59 Å². The molecule has 1 N–H and O–H groups in total. The van der Waals surface area contributed by atoms with E-state index in [2.05, 4.69) is 33.0 Å². The number of furan rings is 1. The molecule has 11 heteroatoms. The summed E-state index contributed by atoms with van der Waals surface area (Å²) in [7, 11) is 0. The van der Waals surface area contributed by atoms with E-state index in [1.165, 1.54) is 4.68 Å². The van der Waals surface area contributed by atoms with Crippen molar-refractivity contribution in [3.8, 4) is 23.1 Å². The molecule has 0 unspecified atom stereocenters. The lowest BCUT2D eigenvalue weighted by atomic mass is 10.2. The SMILES string of the molecule is CCOc1cc(C=Nn2c(-c3cc4ccccc4o3)nc3ccccc3c2=O)cc(I)c1OCC(=O)Nc1ccc(Cl)cc1. The van der Waals surface area contributed by atoms with Gasteiger partial charge in [0, 0.05) is 16.1 Å². The first-order valence-corrected chi connectivity index (χ1v) is 15.0. The predicted molar refractivity (Wildman–Crippen MR) is 180 cm³/mol. The summed E-state index contributed by atoms with van der Waals surface area (Å²) >= 11 is 8.03. The highest BCUT2D eigenvalue weighted by Crippen LogP contribution is 2.34. The molecule has 1 amide bonds. The summed E-state index contributed by atoms with van der Waals surface area (Å²) in [6.07, 6.45) is 1.55. The van der Waals surface area contributed by atoms with E-state index in [-0.39, 0.29) is 23.9 Å². The molecule has 0 aliphatic heterocycles. The maximum absolute atomic E-state index is 13.6. The zero-order chi connectivity index (χ0) is 30.6. The monoisotopic (exact) mass is 718 g/mol. The molecular weight excluding hydrogens is 695 g/mol. The van der Waals surface area contributed by atoms with Gasteiger partial charge in [-0.15, -0.1) is 0 Å². The minimum Gasteiger partial charge on any atom is -0.490 e. The van der Waals surface area contributed by atoms with Crippen molar-refractivity contribution in [1.82, 2.24) is 9.66 Å². The van der Waals surface area contributed by atoms with Gasteiger partial charge in [0.25, 0.3) is 11.5 Å². The van der Waals surface area contributed by atoms with Crippen molar-refractivity contribution in [1.29, 1.82) is 0 Å². The number of rotatable bonds is 9. The molecule has 0 atom stereocenters. The van der Waals surface area contributed by atoms with Crippen molar-refractivity contribution in [3.63, 3.8) is 0 Å². The second-order valence-corrected chi connectivity index (χ2v) is 11.2. The van der Waals surface area contributed by atoms with E-state index in [0.29, 0.717) is 60.2 Å². The van der Waals surface area contributed by atoms with Crippen molar-refractivity contribution in [2.45, 2.75) is 6.92 Å². The summed E-state index contributed by atoms with van der Waals surface area (Å²) in [4.78, 5) is 30.9. The first-order chi connectivity index (χ1) is 21.4. The zero-order valence-corrected chi connectivity index (χ0v) is 26.2. The Morgan fingerprint density at radius 1 is 1.05 bits per heavy atom. The molecule has 6 rings (SSSR count). The number of fused-ring (bicyclic) bond motifs is 2. The molecule has 2 aromatic heterocycles. The summed E-state index contributed by atoms with van der Waals surface area (Å²) in [5.74, 6) is 1.20. The second kappa shape index (κ2) is 12.9. The average molecular weight is 719 g/mol. The lowest BCUT2D eigenvalue weighted by Gasteiger charge is -2.15. The molecule has 4 aromatic carbocycles. The van der Waals surface area contributed by atoms with Gasteiger partial charge in [0.15, 0.2) is 23.9 Å². The Kier molecular flexibility index (Phi) is 8.62. The van der Waals surface area contributed by atoms with Crippen LogP contribution in [0.4, 0.5) is 5.69 Å². The molecule has 0 fully saturated rings. The van der Waals surface area contributed by atoms with Crippen LogP contribution < -0.4 is 20.3 Å². The van der Waals surface area contributed by atoms with Crippen LogP contribution >= 0.6 is 34.2 Å². The van der Waals surface area contributed by atoms with E-state index in [0.717, 1.165) is 5.39 Å². The van der Waals surface area contributed by atoms with Crippen LogP contribution in [0, 0.1) is 3.57 Å². The maximum atomic E-state index is 13.6. The van der Waals surface area contributed by atoms with Crippen LogP contribution in [-0.2, 0) is 4.79 Å². The summed E-state index contributed by atoms with van der Waals surface area (Å²) in [6.45, 7) is 1.99. The van der Waals surface area contributed by atoms with Crippen molar-refractivity contribution in [2.75, 3.05) is 18.5 Å². The minimum atomic E-state index is -0.339. The molecule has 0 radical (unpaired) electrons. The fourth-order valence-electron chi connectivity index (χ4n) is 4.54. The Morgan fingerprint density at radius 3 is 2.61 bits per heavy atom. The molecule has 9 nitrogen and oxygen atoms in total. The van der Waals surface area contributed by atoms with Crippen LogP contribution in [0.5, 0.6) is 11.5 Å². The third kappa shape index (κ3) is 6.31. The zero-order valence-electron chi connectivity index (χ0n) is 23.3. The average Bonchev–Trinajstić information content (AvgIpc) is 3.46. The van der Waals surface area contributed by atoms with E-state index in [9.17, 15) is 9.59 Å². The number of ether oxygens (including phenoxy) is 2. The number of nitrogens with zero attached hydrogens (tertiary/aromatic N) is 3. The number of hydrogen-bond acceptors (Lipinski definition) is 7. The largest absolute Gasteiger partial charge is 0.490 e. The third-order valence-electron chi connectivity index (χ3n) is 6.53. The van der Waals surface area contributed by atoms with E-state index in [1.807, 2.05) is 49.4 Å². The van der Waals surface area contributed by atoms with Gasteiger partial charge in [-0.05, 0) is 95.7 Å². The number of carbonyl (C=O) groups is 1. The standard InChI is InChI=1S/C33H24ClIN4O5/c1-2-42-28-16-20(15-25(35)31(28)43-19-30(40)37-23-13-11-22(34)12-14-23)18-36-39-32(29-17-21-7-3-6-10-27(21)44-29)38-26-9-5-4-8-24(26)33(39)41/h3-18H,2,19H2,1H3,(H,37,40). The van der Waals surface area contributed by atoms with Crippen LogP contribution in [0.2, 0.25) is 5.02 Å². The van der Waals surface area contributed by atoms with E-state index in [4.69, 9.17) is 30.5 Å². The van der Waals surface area contributed by atoms with Gasteiger partial charge in [-0.25, -0.2) is 4.98 Å². The highest BCUT2D eigenvalue weighted by Gasteiger charge is 2.17. The summed E-state index contributed by atoms with van der Waals surface area (Å²) in [5, 5.41) is 9.21. The molecule has 0 aliphatic carbocycles. The smallest absolute Gasteiger partial charge is 0.282 e. The number of anilines is 1. The lowest BCUT2D eigenvalue weighted by molar-refractivity contribution is -0.118. The Hall–Kier alpha value is -4.68. The number of aromatic nitrogens is 2. The number of hydrogen-bond donors (Lipinski definition) is 1. The van der Waals surface area contributed by atoms with E-state index >= 15 is 0 Å². The molecule has 2 heterocycles. The predicted octanol–water partition coefficient (Wildman–Crippen LogP) is 7.37. The second-order valence-electron chi connectivity index (χ2n) is 9.57. The normalized spacial score (nSPS) is 11.3. The molecule has 220 valence electrons. The van der Waals surface area contributed by atoms with Crippen LogP contribution in [0.25, 0.3) is 33.5 Å². The molecule has 44 heavy (non-hydrogen) atoms. The number of benzene rings is 4. The maximum Gasteiger partial charge on any atom is 0.282 e. The minimum absolute atomic E-state index is 0.231. The van der Waals surface area contributed by atoms with Crippen LogP contribution in [-0.4, -0.2) is 35.0 Å². The van der Waals surface area contributed by atoms with E-state index in [1.54, 1.807) is 54.7 Å². The Balaban J connectivity index is 1.32. The van der Waals surface area contributed by atoms with Gasteiger partial charge in [-0.2, -0.15) is 9.78 Å². The number of carbonyl (C=O) groups excluding carboxylic acids is 1. The van der Waals surface area contributed by atoms with Crippen LogP contribution in [0.3, 0.4) is 0 Å². The molecule has 6 aromatic rings. The number of halogens is 2. The molecule has 0 spiro atoms. The fraction of sp³-hybridized carbons (Fsp3) is 0.0909. The Morgan fingerprint density at radius 2 is 1.82 bits per heavy atom. The summed E-state index contributed by atoms with van der Waals surface area (Å²) < 4.78 is 19.7. The third-order valence-corrected chi connectivity index (χ3v) is 7.58. The Labute approximate surface area is 270 Å². The molecule has 0 aliphatic rings. The van der Waals surface area contributed by atoms with Gasteiger partial charge in [0.2, 0.25) is 5.82 Å². The molecule has 0 saturated heterocycles. The number of amides is 1. The molecule has 0 bridgehead atoms. The lowest BCUT2D eigenvalue weighted by Crippen LogP contribution is -2.21. The van der Waals surface area contributed by atoms with Gasteiger partial charge in [0.05, 0.1) is 27.3 Å². The van der Waals surface area contributed by atoms with Gasteiger partial charge in [0.1, 0.15) is 5.58 Å². The van der Waals surface area contributed by atoms with Gasteiger partial charge in [-0.1, -0.05) is 41.9 Å². The quantitative estimate of drug-likeness (QED) is 0.124. The first kappa shape index (κ1) is 29.4. The first-order valence-electron chi connectivity index (χ1n) is 13.6. The van der Waals surface area contributed by atoms with Crippen LogP contribution in [0.1, 0.15) is 12.5 Å². The van der Waals surface area contributed by atoms with E-state index < -0.39 is 0 Å². The van der Waals surface area contributed by atoms with Crippen LogP contribution in [0.15, 0.2) is 105 Å². The number of para-hydroxylation sites is 2. The van der Waals surface area contributed by atoms with Crippen molar-refractivity contribution >= 4 is 73.9 Å². The number of nitrogens with one attached hydrogen (secondary N) is 1. The summed E-state index contributed by atoms with van der Waals surface area (Å²) in [5.41, 5.74) is 2.12. The van der Waals surface area contributed by atoms with Crippen molar-refractivity contribution < 1.29 is 18.7 Å². The molecular formula is C33H24ClIN4O5. The topological polar surface area (TPSA) is 108 Å². The molecule has 0 saturated carbocycles. The van der Waals surface area contributed by atoms with Gasteiger partial charge < -0.3 is 19.2 Å². The van der Waals surface area contributed by atoms with Crippen molar-refractivity contribution in [3.05, 3.63) is 116 Å². The van der Waals surface area contributed by atoms with Gasteiger partial charge >= 0.3 is 0 Å². The Bertz CT molecular complexity index is 2060. The fourth-order valence-corrected chi connectivity index (χ4v) is 5.45. The summed E-state index contributed by atoms with van der Waals surface area (Å²) in [6, 6.07) is 26.9.